The van der Waals surface area contributed by atoms with Gasteiger partial charge < -0.3 is 10.2 Å². The summed E-state index contributed by atoms with van der Waals surface area (Å²) in [4.78, 5) is 2.47. The Kier molecular flexibility index (Phi) is 3.97. The van der Waals surface area contributed by atoms with Crippen molar-refractivity contribution in [3.8, 4) is 0 Å². The van der Waals surface area contributed by atoms with E-state index in [0.717, 1.165) is 18.7 Å². The summed E-state index contributed by atoms with van der Waals surface area (Å²) in [6, 6.07) is 6.46. The fourth-order valence-corrected chi connectivity index (χ4v) is 3.19. The molecule has 3 rings (SSSR count). The number of halogens is 1. The van der Waals surface area contributed by atoms with E-state index in [1.807, 2.05) is 6.07 Å². The Hall–Kier alpha value is -1.09. The van der Waals surface area contributed by atoms with Gasteiger partial charge in [0.05, 0.1) is 0 Å². The summed E-state index contributed by atoms with van der Waals surface area (Å²) < 4.78 is 13.6. The zero-order valence-electron chi connectivity index (χ0n) is 12.5. The van der Waals surface area contributed by atoms with Crippen molar-refractivity contribution in [2.24, 2.45) is 5.92 Å². The van der Waals surface area contributed by atoms with Crippen molar-refractivity contribution in [1.29, 1.82) is 0 Å². The maximum absolute atomic E-state index is 13.6. The summed E-state index contributed by atoms with van der Waals surface area (Å²) in [6.45, 7) is 6.50. The van der Waals surface area contributed by atoms with Crippen LogP contribution in [0.1, 0.15) is 45.1 Å². The molecule has 20 heavy (non-hydrogen) atoms. The van der Waals surface area contributed by atoms with E-state index in [1.165, 1.54) is 31.4 Å². The average molecular weight is 276 g/mol. The van der Waals surface area contributed by atoms with Gasteiger partial charge in [-0.15, -0.1) is 0 Å². The van der Waals surface area contributed by atoms with E-state index in [4.69, 9.17) is 0 Å². The van der Waals surface area contributed by atoms with E-state index in [9.17, 15) is 4.39 Å². The highest BCUT2D eigenvalue weighted by Gasteiger charge is 2.27. The van der Waals surface area contributed by atoms with Gasteiger partial charge in [-0.25, -0.2) is 4.39 Å². The van der Waals surface area contributed by atoms with Gasteiger partial charge in [0, 0.05) is 30.9 Å². The van der Waals surface area contributed by atoms with E-state index >= 15 is 0 Å². The molecule has 1 aliphatic heterocycles. The first kappa shape index (κ1) is 13.9. The third kappa shape index (κ3) is 2.98. The largest absolute Gasteiger partial charge is 0.368 e. The molecule has 2 aliphatic rings. The number of hydrogen-bond donors (Lipinski definition) is 1. The number of hydrogen-bond acceptors (Lipinski definition) is 2. The van der Waals surface area contributed by atoms with Gasteiger partial charge >= 0.3 is 0 Å². The molecule has 2 atom stereocenters. The van der Waals surface area contributed by atoms with Crippen LogP contribution in [0, 0.1) is 11.7 Å². The number of benzene rings is 1. The number of piperidine rings is 1. The van der Waals surface area contributed by atoms with Crippen molar-refractivity contribution in [2.75, 3.05) is 11.4 Å². The number of rotatable bonds is 4. The van der Waals surface area contributed by atoms with Crippen LogP contribution in [0.2, 0.25) is 0 Å². The van der Waals surface area contributed by atoms with Crippen LogP contribution >= 0.6 is 0 Å². The second-order valence-corrected chi connectivity index (χ2v) is 6.48. The zero-order chi connectivity index (χ0) is 14.1. The lowest BCUT2D eigenvalue weighted by Crippen LogP contribution is -2.43. The first-order valence-corrected chi connectivity index (χ1v) is 7.93. The molecule has 1 N–H and O–H groups in total. The third-order valence-electron chi connectivity index (χ3n) is 4.88. The number of nitrogens with one attached hydrogen (secondary N) is 1. The summed E-state index contributed by atoms with van der Waals surface area (Å²) in [6.07, 6.45) is 5.07. The second-order valence-electron chi connectivity index (χ2n) is 6.48. The van der Waals surface area contributed by atoms with E-state index in [1.54, 1.807) is 12.1 Å². The minimum absolute atomic E-state index is 0.126. The van der Waals surface area contributed by atoms with Gasteiger partial charge in [0.25, 0.3) is 0 Å². The quantitative estimate of drug-likeness (QED) is 0.902. The Morgan fingerprint density at radius 2 is 2.05 bits per heavy atom. The van der Waals surface area contributed by atoms with Gasteiger partial charge in [0.1, 0.15) is 5.82 Å². The van der Waals surface area contributed by atoms with Crippen molar-refractivity contribution in [3.63, 3.8) is 0 Å². The molecule has 1 aromatic carbocycles. The van der Waals surface area contributed by atoms with Gasteiger partial charge in [-0.2, -0.15) is 0 Å². The van der Waals surface area contributed by atoms with E-state index in [-0.39, 0.29) is 5.82 Å². The fraction of sp³-hybridized carbons (Fsp3) is 0.647. The zero-order valence-corrected chi connectivity index (χ0v) is 12.5. The molecular formula is C17H25FN2. The summed E-state index contributed by atoms with van der Waals surface area (Å²) in [5.41, 5.74) is 2.33. The van der Waals surface area contributed by atoms with Crippen molar-refractivity contribution in [1.82, 2.24) is 5.32 Å². The summed E-state index contributed by atoms with van der Waals surface area (Å²) in [5.74, 6) is 0.581. The minimum Gasteiger partial charge on any atom is -0.368 e. The van der Waals surface area contributed by atoms with Crippen LogP contribution in [0.3, 0.4) is 0 Å². The van der Waals surface area contributed by atoms with Crippen LogP contribution in [0.15, 0.2) is 18.2 Å². The van der Waals surface area contributed by atoms with Crippen molar-refractivity contribution < 1.29 is 4.39 Å². The van der Waals surface area contributed by atoms with Crippen molar-refractivity contribution in [2.45, 2.75) is 58.2 Å². The molecule has 1 heterocycles. The van der Waals surface area contributed by atoms with Crippen LogP contribution < -0.4 is 10.2 Å². The summed E-state index contributed by atoms with van der Waals surface area (Å²) in [7, 11) is 0. The van der Waals surface area contributed by atoms with Crippen LogP contribution in [0.5, 0.6) is 0 Å². The first-order valence-electron chi connectivity index (χ1n) is 7.93. The smallest absolute Gasteiger partial charge is 0.123 e. The van der Waals surface area contributed by atoms with Crippen LogP contribution in [0.4, 0.5) is 10.1 Å². The highest BCUT2D eigenvalue weighted by atomic mass is 19.1. The fourth-order valence-electron chi connectivity index (χ4n) is 3.19. The van der Waals surface area contributed by atoms with Gasteiger partial charge in [-0.3, -0.25) is 0 Å². The Morgan fingerprint density at radius 3 is 2.80 bits per heavy atom. The summed E-state index contributed by atoms with van der Waals surface area (Å²) >= 11 is 0. The van der Waals surface area contributed by atoms with Gasteiger partial charge in [0.15, 0.2) is 0 Å². The highest BCUT2D eigenvalue weighted by molar-refractivity contribution is 5.55. The Bertz CT molecular complexity index is 470. The molecule has 0 bridgehead atoms. The predicted octanol–water partition coefficient (Wildman–Crippen LogP) is 3.70. The van der Waals surface area contributed by atoms with E-state index < -0.39 is 0 Å². The molecule has 1 aliphatic carbocycles. The maximum atomic E-state index is 13.6. The molecule has 0 amide bonds. The van der Waals surface area contributed by atoms with Crippen molar-refractivity contribution in [3.05, 3.63) is 29.6 Å². The summed E-state index contributed by atoms with van der Waals surface area (Å²) in [5, 5.41) is 3.51. The molecule has 1 saturated carbocycles. The van der Waals surface area contributed by atoms with Crippen LogP contribution in [-0.2, 0) is 6.54 Å². The molecule has 1 aromatic rings. The van der Waals surface area contributed by atoms with E-state index in [0.29, 0.717) is 18.0 Å². The number of nitrogens with zero attached hydrogens (tertiary/aromatic N) is 1. The Morgan fingerprint density at radius 1 is 1.25 bits per heavy atom. The lowest BCUT2D eigenvalue weighted by atomic mass is 9.91. The van der Waals surface area contributed by atoms with E-state index in [2.05, 4.69) is 24.1 Å². The lowest BCUT2D eigenvalue weighted by molar-refractivity contribution is 0.362. The maximum Gasteiger partial charge on any atom is 0.123 e. The second kappa shape index (κ2) is 5.72. The molecule has 2 fully saturated rings. The molecule has 2 nitrogen and oxygen atoms in total. The normalized spacial score (nSPS) is 26.9. The molecule has 2 unspecified atom stereocenters. The highest BCUT2D eigenvalue weighted by Crippen LogP contribution is 2.31. The van der Waals surface area contributed by atoms with Crippen LogP contribution in [-0.4, -0.2) is 18.6 Å². The van der Waals surface area contributed by atoms with Gasteiger partial charge in [-0.1, -0.05) is 6.92 Å². The monoisotopic (exact) mass is 276 g/mol. The average Bonchev–Trinajstić information content (AvgIpc) is 3.24. The molecule has 1 saturated heterocycles. The van der Waals surface area contributed by atoms with Crippen molar-refractivity contribution >= 4 is 5.69 Å². The topological polar surface area (TPSA) is 15.3 Å². The van der Waals surface area contributed by atoms with Crippen LogP contribution in [0.25, 0.3) is 0 Å². The standard InChI is InChI=1S/C17H25FN2/c1-12-4-3-9-20(13(12)2)17-8-5-15(18)10-14(17)11-19-16-6-7-16/h5,8,10,12-13,16,19H,3-4,6-7,9,11H2,1-2H3. The lowest BCUT2D eigenvalue weighted by Gasteiger charge is -2.40. The molecular weight excluding hydrogens is 251 g/mol. The minimum atomic E-state index is -0.126. The Balaban J connectivity index is 1.82. The molecule has 3 heteroatoms. The molecule has 0 radical (unpaired) electrons. The SMILES string of the molecule is CC1CCCN(c2ccc(F)cc2CNC2CC2)C1C. The molecule has 0 aromatic heterocycles. The molecule has 110 valence electrons. The van der Waals surface area contributed by atoms with Gasteiger partial charge in [0.2, 0.25) is 0 Å². The number of anilines is 1. The first-order chi connectivity index (χ1) is 9.65. The Labute approximate surface area is 121 Å². The third-order valence-corrected chi connectivity index (χ3v) is 4.88. The molecule has 0 spiro atoms. The van der Waals surface area contributed by atoms with Gasteiger partial charge in [-0.05, 0) is 62.3 Å². The predicted molar refractivity (Wildman–Crippen MR) is 81.5 cm³/mol.